The number of carbonyl (C=O) groups excluding carboxylic acids is 1. The predicted octanol–water partition coefficient (Wildman–Crippen LogP) is 0.779. The first-order chi connectivity index (χ1) is 10.8. The van der Waals surface area contributed by atoms with Gasteiger partial charge in [-0.15, -0.1) is 11.6 Å². The van der Waals surface area contributed by atoms with Gasteiger partial charge in [-0.05, 0) is 32.7 Å². The summed E-state index contributed by atoms with van der Waals surface area (Å²) in [5, 5.41) is 3.09. The highest BCUT2D eigenvalue weighted by molar-refractivity contribution is 6.20. The molecular formula is C16H32ClN5O. The number of amides is 1. The van der Waals surface area contributed by atoms with Crippen molar-refractivity contribution in [3.63, 3.8) is 0 Å². The van der Waals surface area contributed by atoms with E-state index < -0.39 is 12.1 Å². The summed E-state index contributed by atoms with van der Waals surface area (Å²) in [5.74, 6) is -0.248. The Morgan fingerprint density at radius 1 is 1.52 bits per heavy atom. The number of nitrogens with one attached hydrogen (secondary N) is 1. The van der Waals surface area contributed by atoms with Crippen molar-refractivity contribution < 1.29 is 4.79 Å². The lowest BCUT2D eigenvalue weighted by Gasteiger charge is -2.35. The molecule has 5 unspecified atom stereocenters. The summed E-state index contributed by atoms with van der Waals surface area (Å²) in [6.07, 6.45) is 2.95. The topological polar surface area (TPSA) is 96.7 Å². The summed E-state index contributed by atoms with van der Waals surface area (Å²) in [4.78, 5) is 19.0. The Balaban J connectivity index is 2.74. The van der Waals surface area contributed by atoms with Crippen LogP contribution in [-0.2, 0) is 4.79 Å². The van der Waals surface area contributed by atoms with Crippen LogP contribution in [0, 0.1) is 11.8 Å². The average molecular weight is 346 g/mol. The Hall–Kier alpha value is -0.690. The first kappa shape index (κ1) is 20.4. The van der Waals surface area contributed by atoms with Crippen molar-refractivity contribution in [2.24, 2.45) is 28.3 Å². The fraction of sp³-hybridized carbons (Fsp3) is 0.875. The van der Waals surface area contributed by atoms with Gasteiger partial charge in [-0.3, -0.25) is 9.79 Å². The number of nitrogens with zero attached hydrogens (tertiary/aromatic N) is 2. The number of halogens is 1. The summed E-state index contributed by atoms with van der Waals surface area (Å²) in [6.45, 7) is 7.63. The van der Waals surface area contributed by atoms with Crippen LogP contribution in [0.2, 0.25) is 0 Å². The summed E-state index contributed by atoms with van der Waals surface area (Å²) < 4.78 is 0. The van der Waals surface area contributed by atoms with Crippen LogP contribution < -0.4 is 16.8 Å². The van der Waals surface area contributed by atoms with Gasteiger partial charge in [0.25, 0.3) is 0 Å². The second-order valence-electron chi connectivity index (χ2n) is 6.64. The molecular weight excluding hydrogens is 314 g/mol. The molecule has 1 heterocycles. The molecule has 0 aromatic carbocycles. The number of hydrogen-bond donors (Lipinski definition) is 3. The lowest BCUT2D eigenvalue weighted by Crippen LogP contribution is -2.58. The molecule has 7 heteroatoms. The zero-order valence-electron chi connectivity index (χ0n) is 14.7. The van der Waals surface area contributed by atoms with Crippen LogP contribution in [0.4, 0.5) is 0 Å². The minimum atomic E-state index is -0.723. The summed E-state index contributed by atoms with van der Waals surface area (Å²) >= 11 is 6.22. The van der Waals surface area contributed by atoms with E-state index in [1.54, 1.807) is 0 Å². The van der Waals surface area contributed by atoms with Crippen LogP contribution in [0.5, 0.6) is 0 Å². The van der Waals surface area contributed by atoms with Gasteiger partial charge < -0.3 is 21.7 Å². The Labute approximate surface area is 145 Å². The zero-order chi connectivity index (χ0) is 17.6. The highest BCUT2D eigenvalue weighted by atomic mass is 35.5. The molecule has 0 saturated heterocycles. The van der Waals surface area contributed by atoms with Gasteiger partial charge in [0.1, 0.15) is 0 Å². The molecule has 0 aromatic rings. The first-order valence-electron chi connectivity index (χ1n) is 8.43. The molecule has 134 valence electrons. The summed E-state index contributed by atoms with van der Waals surface area (Å²) in [5.41, 5.74) is 11.8. The van der Waals surface area contributed by atoms with E-state index in [2.05, 4.69) is 22.1 Å². The monoisotopic (exact) mass is 345 g/mol. The molecule has 0 aliphatic carbocycles. The molecule has 5 atom stereocenters. The van der Waals surface area contributed by atoms with E-state index in [-0.39, 0.29) is 23.4 Å². The third-order valence-corrected chi connectivity index (χ3v) is 5.21. The largest absolute Gasteiger partial charge is 0.348 e. The number of carbonyl (C=O) groups is 1. The maximum Gasteiger partial charge on any atom is 0.228 e. The van der Waals surface area contributed by atoms with E-state index >= 15 is 0 Å². The van der Waals surface area contributed by atoms with E-state index in [1.807, 2.05) is 27.1 Å². The van der Waals surface area contributed by atoms with E-state index in [0.717, 1.165) is 19.4 Å². The maximum absolute atomic E-state index is 12.7. The highest BCUT2D eigenvalue weighted by Gasteiger charge is 2.34. The summed E-state index contributed by atoms with van der Waals surface area (Å²) in [7, 11) is 1.95. The molecule has 1 rings (SSSR count). The van der Waals surface area contributed by atoms with E-state index in [0.29, 0.717) is 12.5 Å². The normalized spacial score (nSPS) is 25.4. The third-order valence-electron chi connectivity index (χ3n) is 4.76. The van der Waals surface area contributed by atoms with Crippen LogP contribution in [0.15, 0.2) is 4.99 Å². The van der Waals surface area contributed by atoms with Crippen LogP contribution in [0.3, 0.4) is 0 Å². The van der Waals surface area contributed by atoms with Gasteiger partial charge >= 0.3 is 0 Å². The molecule has 6 nitrogen and oxygen atoms in total. The second kappa shape index (κ2) is 9.57. The van der Waals surface area contributed by atoms with E-state index in [1.165, 1.54) is 0 Å². The SMILES string of the molecule is CCC(Cl)CN(C)C(C)C(C(=O)NC1C=NCCC1C)C(N)N. The van der Waals surface area contributed by atoms with Crippen molar-refractivity contribution in [2.45, 2.75) is 57.2 Å². The minimum absolute atomic E-state index is 0.0469. The van der Waals surface area contributed by atoms with Crippen LogP contribution in [0.25, 0.3) is 0 Å². The smallest absolute Gasteiger partial charge is 0.228 e. The van der Waals surface area contributed by atoms with Crippen molar-refractivity contribution in [1.29, 1.82) is 0 Å². The van der Waals surface area contributed by atoms with Gasteiger partial charge in [-0.25, -0.2) is 0 Å². The van der Waals surface area contributed by atoms with Gasteiger partial charge in [0, 0.05) is 30.7 Å². The molecule has 0 saturated carbocycles. The van der Waals surface area contributed by atoms with Crippen LogP contribution in [0.1, 0.15) is 33.6 Å². The lowest BCUT2D eigenvalue weighted by molar-refractivity contribution is -0.128. The molecule has 1 aliphatic rings. The Bertz CT molecular complexity index is 404. The van der Waals surface area contributed by atoms with Crippen molar-refractivity contribution in [3.05, 3.63) is 0 Å². The number of rotatable bonds is 8. The van der Waals surface area contributed by atoms with Gasteiger partial charge in [0.15, 0.2) is 0 Å². The lowest BCUT2D eigenvalue weighted by atomic mass is 9.92. The van der Waals surface area contributed by atoms with E-state index in [9.17, 15) is 4.79 Å². The minimum Gasteiger partial charge on any atom is -0.348 e. The number of alkyl halides is 1. The molecule has 0 fully saturated rings. The standard InChI is InChI=1S/C16H32ClN5O/c1-5-12(17)9-22(4)11(3)14(15(18)19)16(23)21-13-8-20-7-6-10(13)2/h8,10-15H,5-7,9,18-19H2,1-4H3,(H,21,23). The molecule has 23 heavy (non-hydrogen) atoms. The quantitative estimate of drug-likeness (QED) is 0.447. The van der Waals surface area contributed by atoms with Gasteiger partial charge in [0.2, 0.25) is 5.91 Å². The Kier molecular flexibility index (Phi) is 8.47. The molecule has 5 N–H and O–H groups in total. The first-order valence-corrected chi connectivity index (χ1v) is 8.87. The van der Waals surface area contributed by atoms with Gasteiger partial charge in [-0.2, -0.15) is 0 Å². The van der Waals surface area contributed by atoms with Crippen molar-refractivity contribution in [2.75, 3.05) is 20.1 Å². The fourth-order valence-corrected chi connectivity index (χ4v) is 3.05. The van der Waals surface area contributed by atoms with Crippen LogP contribution in [-0.4, -0.2) is 60.8 Å². The Morgan fingerprint density at radius 3 is 2.70 bits per heavy atom. The molecule has 0 aromatic heterocycles. The molecule has 0 spiro atoms. The maximum atomic E-state index is 12.7. The fourth-order valence-electron chi connectivity index (χ4n) is 2.83. The molecule has 0 bridgehead atoms. The number of aliphatic imine (C=N–C) groups is 1. The van der Waals surface area contributed by atoms with Crippen molar-refractivity contribution >= 4 is 23.7 Å². The predicted molar refractivity (Wildman–Crippen MR) is 96.7 cm³/mol. The molecule has 0 radical (unpaired) electrons. The summed E-state index contributed by atoms with van der Waals surface area (Å²) in [6, 6.07) is -0.148. The second-order valence-corrected chi connectivity index (χ2v) is 7.26. The third kappa shape index (κ3) is 6.03. The highest BCUT2D eigenvalue weighted by Crippen LogP contribution is 2.17. The number of nitrogens with two attached hydrogens (primary N) is 2. The van der Waals surface area contributed by atoms with Crippen molar-refractivity contribution in [1.82, 2.24) is 10.2 Å². The molecule has 1 aliphatic heterocycles. The van der Waals surface area contributed by atoms with E-state index in [4.69, 9.17) is 23.1 Å². The van der Waals surface area contributed by atoms with Gasteiger partial charge in [0.05, 0.1) is 18.1 Å². The Morgan fingerprint density at radius 2 is 2.17 bits per heavy atom. The molecule has 1 amide bonds. The zero-order valence-corrected chi connectivity index (χ0v) is 15.5. The number of hydrogen-bond acceptors (Lipinski definition) is 5. The average Bonchev–Trinajstić information content (AvgIpc) is 2.49. The van der Waals surface area contributed by atoms with Crippen LogP contribution >= 0.6 is 11.6 Å². The van der Waals surface area contributed by atoms with Crippen molar-refractivity contribution in [3.8, 4) is 0 Å². The van der Waals surface area contributed by atoms with Gasteiger partial charge in [-0.1, -0.05) is 13.8 Å².